The molecule has 1 saturated heterocycles. The lowest BCUT2D eigenvalue weighted by atomic mass is 9.97. The summed E-state index contributed by atoms with van der Waals surface area (Å²) >= 11 is 6.16. The maximum Gasteiger partial charge on any atom is 0.287 e. The normalized spacial score (nSPS) is 17.4. The Morgan fingerprint density at radius 2 is 2.10 bits per heavy atom. The second-order valence-electron chi connectivity index (χ2n) is 5.97. The maximum atomic E-state index is 12.1. The van der Waals surface area contributed by atoms with Gasteiger partial charge in [0.05, 0.1) is 17.9 Å². The largest absolute Gasteiger partial charge is 0.382 e. The number of nitrogens with one attached hydrogen (secondary N) is 1. The van der Waals surface area contributed by atoms with Gasteiger partial charge in [0, 0.05) is 6.54 Å². The molecule has 21 heavy (non-hydrogen) atoms. The molecule has 0 radical (unpaired) electrons. The van der Waals surface area contributed by atoms with Crippen LogP contribution in [0.3, 0.4) is 0 Å². The molecule has 2 heterocycles. The molecule has 0 spiro atoms. The highest BCUT2D eigenvalue weighted by Crippen LogP contribution is 2.20. The van der Waals surface area contributed by atoms with Gasteiger partial charge in [-0.3, -0.25) is 4.79 Å². The van der Waals surface area contributed by atoms with Crippen molar-refractivity contribution in [1.82, 2.24) is 14.7 Å². The molecule has 118 valence electrons. The first-order valence-electron chi connectivity index (χ1n) is 7.76. The Morgan fingerprint density at radius 3 is 2.67 bits per heavy atom. The summed E-state index contributed by atoms with van der Waals surface area (Å²) in [5.41, 5.74) is 0.425. The third-order valence-electron chi connectivity index (χ3n) is 4.17. The molecular weight excluding hydrogens is 288 g/mol. The Kier molecular flexibility index (Phi) is 5.65. The molecular formula is C15H25ClN4O. The minimum absolute atomic E-state index is 0.0161. The average Bonchev–Trinajstić information content (AvgIpc) is 2.49. The number of halogens is 1. The highest BCUT2D eigenvalue weighted by atomic mass is 35.5. The van der Waals surface area contributed by atoms with E-state index in [-0.39, 0.29) is 16.6 Å². The number of hydrogen-bond acceptors (Lipinski definition) is 4. The number of likely N-dealkylation sites (tertiary alicyclic amines) is 1. The number of rotatable bonds is 5. The summed E-state index contributed by atoms with van der Waals surface area (Å²) in [4.78, 5) is 14.6. The van der Waals surface area contributed by atoms with Crippen molar-refractivity contribution in [3.05, 3.63) is 21.6 Å². The molecule has 1 N–H and O–H groups in total. The van der Waals surface area contributed by atoms with Crippen molar-refractivity contribution >= 4 is 17.3 Å². The van der Waals surface area contributed by atoms with Crippen LogP contribution in [0.5, 0.6) is 0 Å². The molecule has 0 amide bonds. The Bertz CT molecular complexity index is 521. The fraction of sp³-hybridized carbons (Fsp3) is 0.733. The van der Waals surface area contributed by atoms with Gasteiger partial charge >= 0.3 is 0 Å². The topological polar surface area (TPSA) is 50.2 Å². The lowest BCUT2D eigenvalue weighted by molar-refractivity contribution is 0.198. The van der Waals surface area contributed by atoms with E-state index in [4.69, 9.17) is 11.6 Å². The second kappa shape index (κ2) is 7.27. The van der Waals surface area contributed by atoms with Crippen molar-refractivity contribution in [1.29, 1.82) is 0 Å². The van der Waals surface area contributed by atoms with Crippen molar-refractivity contribution in [2.75, 3.05) is 31.5 Å². The van der Waals surface area contributed by atoms with Gasteiger partial charge in [-0.1, -0.05) is 18.5 Å². The van der Waals surface area contributed by atoms with Gasteiger partial charge < -0.3 is 10.2 Å². The van der Waals surface area contributed by atoms with Crippen LogP contribution in [-0.2, 0) is 0 Å². The molecule has 5 nitrogen and oxygen atoms in total. The van der Waals surface area contributed by atoms with Gasteiger partial charge in [0.15, 0.2) is 0 Å². The Hall–Kier alpha value is -1.07. The molecule has 1 aliphatic heterocycles. The van der Waals surface area contributed by atoms with Gasteiger partial charge in [-0.2, -0.15) is 5.10 Å². The zero-order valence-electron chi connectivity index (χ0n) is 13.1. The van der Waals surface area contributed by atoms with Gasteiger partial charge in [-0.25, -0.2) is 4.68 Å². The zero-order chi connectivity index (χ0) is 15.4. The minimum atomic E-state index is -0.225. The molecule has 1 fully saturated rings. The van der Waals surface area contributed by atoms with Crippen molar-refractivity contribution in [2.24, 2.45) is 5.92 Å². The van der Waals surface area contributed by atoms with E-state index in [0.29, 0.717) is 11.6 Å². The van der Waals surface area contributed by atoms with Crippen LogP contribution in [0, 0.1) is 5.92 Å². The lowest BCUT2D eigenvalue weighted by Crippen LogP contribution is -2.35. The summed E-state index contributed by atoms with van der Waals surface area (Å²) in [6.45, 7) is 10.3. The smallest absolute Gasteiger partial charge is 0.287 e. The molecule has 6 heteroatoms. The summed E-state index contributed by atoms with van der Waals surface area (Å²) < 4.78 is 1.41. The number of piperidine rings is 1. The summed E-state index contributed by atoms with van der Waals surface area (Å²) in [7, 11) is 0. The first-order valence-corrected chi connectivity index (χ1v) is 8.14. The molecule has 1 aliphatic rings. The van der Waals surface area contributed by atoms with Crippen LogP contribution in [0.2, 0.25) is 5.02 Å². The molecule has 0 atom stereocenters. The van der Waals surface area contributed by atoms with E-state index in [1.807, 2.05) is 13.8 Å². The van der Waals surface area contributed by atoms with Gasteiger partial charge in [-0.05, 0) is 52.2 Å². The molecule has 1 aromatic rings. The standard InChI is InChI=1S/C15H25ClN4O/c1-4-19-7-5-12(6-8-19)9-17-13-10-18-20(11(2)3)15(21)14(13)16/h10-12,17H,4-9H2,1-3H3. The van der Waals surface area contributed by atoms with Crippen LogP contribution < -0.4 is 10.9 Å². The van der Waals surface area contributed by atoms with Crippen molar-refractivity contribution in [3.8, 4) is 0 Å². The van der Waals surface area contributed by atoms with E-state index in [2.05, 4.69) is 22.2 Å². The van der Waals surface area contributed by atoms with E-state index < -0.39 is 0 Å². The summed E-state index contributed by atoms with van der Waals surface area (Å²) in [6, 6.07) is 0.0161. The third kappa shape index (κ3) is 3.98. The van der Waals surface area contributed by atoms with Gasteiger partial charge in [0.25, 0.3) is 5.56 Å². The molecule has 0 aromatic carbocycles. The number of hydrogen-bond donors (Lipinski definition) is 1. The third-order valence-corrected chi connectivity index (χ3v) is 4.53. The molecule has 2 rings (SSSR count). The Balaban J connectivity index is 1.95. The quantitative estimate of drug-likeness (QED) is 0.908. The fourth-order valence-electron chi connectivity index (χ4n) is 2.70. The summed E-state index contributed by atoms with van der Waals surface area (Å²) in [6.07, 6.45) is 4.04. The minimum Gasteiger partial charge on any atom is -0.382 e. The molecule has 0 aliphatic carbocycles. The Morgan fingerprint density at radius 1 is 1.43 bits per heavy atom. The van der Waals surface area contributed by atoms with Gasteiger partial charge in [0.1, 0.15) is 5.02 Å². The van der Waals surface area contributed by atoms with Crippen LogP contribution in [0.4, 0.5) is 5.69 Å². The van der Waals surface area contributed by atoms with Crippen molar-refractivity contribution in [2.45, 2.75) is 39.7 Å². The van der Waals surface area contributed by atoms with E-state index >= 15 is 0 Å². The molecule has 1 aromatic heterocycles. The predicted molar refractivity (Wildman–Crippen MR) is 87.2 cm³/mol. The van der Waals surface area contributed by atoms with Crippen molar-refractivity contribution in [3.63, 3.8) is 0 Å². The zero-order valence-corrected chi connectivity index (χ0v) is 13.9. The van der Waals surface area contributed by atoms with E-state index in [9.17, 15) is 4.79 Å². The first-order chi connectivity index (χ1) is 10.0. The maximum absolute atomic E-state index is 12.1. The van der Waals surface area contributed by atoms with Crippen LogP contribution in [0.1, 0.15) is 39.7 Å². The highest BCUT2D eigenvalue weighted by Gasteiger charge is 2.18. The van der Waals surface area contributed by atoms with Crippen LogP contribution in [-0.4, -0.2) is 40.9 Å². The predicted octanol–water partition coefficient (Wildman–Crippen LogP) is 2.62. The van der Waals surface area contributed by atoms with Crippen LogP contribution in [0.15, 0.2) is 11.0 Å². The molecule has 0 bridgehead atoms. The van der Waals surface area contributed by atoms with Gasteiger partial charge in [0.2, 0.25) is 0 Å². The van der Waals surface area contributed by atoms with E-state index in [1.54, 1.807) is 6.20 Å². The second-order valence-corrected chi connectivity index (χ2v) is 6.35. The average molecular weight is 313 g/mol. The number of anilines is 1. The monoisotopic (exact) mass is 312 g/mol. The lowest BCUT2D eigenvalue weighted by Gasteiger charge is -2.31. The SMILES string of the molecule is CCN1CCC(CNc2cnn(C(C)C)c(=O)c2Cl)CC1. The van der Waals surface area contributed by atoms with E-state index in [0.717, 1.165) is 26.2 Å². The fourth-order valence-corrected chi connectivity index (χ4v) is 2.90. The van der Waals surface area contributed by atoms with Gasteiger partial charge in [-0.15, -0.1) is 0 Å². The van der Waals surface area contributed by atoms with E-state index in [1.165, 1.54) is 17.5 Å². The molecule has 0 unspecified atom stereocenters. The number of nitrogens with zero attached hydrogens (tertiary/aromatic N) is 3. The molecule has 0 saturated carbocycles. The summed E-state index contributed by atoms with van der Waals surface area (Å²) in [5.74, 6) is 0.636. The number of aromatic nitrogens is 2. The van der Waals surface area contributed by atoms with Crippen molar-refractivity contribution < 1.29 is 0 Å². The van der Waals surface area contributed by atoms with Crippen LogP contribution >= 0.6 is 11.6 Å². The summed E-state index contributed by atoms with van der Waals surface area (Å²) in [5, 5.41) is 7.71. The van der Waals surface area contributed by atoms with Crippen LogP contribution in [0.25, 0.3) is 0 Å². The highest BCUT2D eigenvalue weighted by molar-refractivity contribution is 6.32. The first kappa shape index (κ1) is 16.3. The Labute approximate surface area is 131 Å².